The predicted molar refractivity (Wildman–Crippen MR) is 58.5 cm³/mol. The second kappa shape index (κ2) is 3.86. The Balaban J connectivity index is 1.86. The maximum atomic E-state index is 13.1. The van der Waals surface area contributed by atoms with Crippen molar-refractivity contribution in [1.82, 2.24) is 0 Å². The monoisotopic (exact) mass is 262 g/mol. The molecule has 0 aliphatic carbocycles. The van der Waals surface area contributed by atoms with Crippen LogP contribution in [0.1, 0.15) is 27.7 Å². The molecule has 0 unspecified atom stereocenters. The molecule has 0 saturated carbocycles. The van der Waals surface area contributed by atoms with E-state index in [9.17, 15) is 4.39 Å². The van der Waals surface area contributed by atoms with Crippen LogP contribution in [0.15, 0.2) is 0 Å². The second-order valence-corrected chi connectivity index (χ2v) is 5.86. The van der Waals surface area contributed by atoms with Gasteiger partial charge in [0.2, 0.25) is 0 Å². The maximum absolute atomic E-state index is 13.1. The predicted octanol–water partition coefficient (Wildman–Crippen LogP) is 1.35. The smallest absolute Gasteiger partial charge is 0.190 e. The van der Waals surface area contributed by atoms with E-state index in [1.807, 2.05) is 0 Å². The van der Waals surface area contributed by atoms with E-state index in [2.05, 4.69) is 0 Å². The normalized spacial score (nSPS) is 48.8. The van der Waals surface area contributed by atoms with Gasteiger partial charge in [-0.05, 0) is 27.7 Å². The molecule has 3 heterocycles. The fraction of sp³-hybridized carbons (Fsp3) is 1.00. The Bertz CT molecular complexity index is 345. The van der Waals surface area contributed by atoms with Gasteiger partial charge in [-0.3, -0.25) is 0 Å². The van der Waals surface area contributed by atoms with Crippen LogP contribution in [-0.4, -0.2) is 49.0 Å². The summed E-state index contributed by atoms with van der Waals surface area (Å²) in [4.78, 5) is 0. The molecule has 6 heteroatoms. The van der Waals surface area contributed by atoms with Gasteiger partial charge in [0, 0.05) is 0 Å². The van der Waals surface area contributed by atoms with E-state index in [4.69, 9.17) is 23.7 Å². The molecule has 0 bridgehead atoms. The molecule has 5 nitrogen and oxygen atoms in total. The van der Waals surface area contributed by atoms with E-state index < -0.39 is 36.7 Å². The number of hydrogen-bond acceptors (Lipinski definition) is 5. The van der Waals surface area contributed by atoms with Gasteiger partial charge in [-0.25, -0.2) is 4.39 Å². The maximum Gasteiger partial charge on any atom is 0.190 e. The zero-order valence-electron chi connectivity index (χ0n) is 11.0. The molecule has 0 aromatic heterocycles. The van der Waals surface area contributed by atoms with Gasteiger partial charge >= 0.3 is 0 Å². The first-order valence-electron chi connectivity index (χ1n) is 6.24. The Morgan fingerprint density at radius 1 is 0.833 bits per heavy atom. The van der Waals surface area contributed by atoms with E-state index in [0.717, 1.165) is 0 Å². The van der Waals surface area contributed by atoms with E-state index in [1.54, 1.807) is 27.7 Å². The standard InChI is InChI=1S/C12H19FO5/c1-11(2)15-7-6(5-13)14-10-9(8(7)16-11)17-12(3,4)18-10/h6-10H,5H2,1-4H3/t6-,7+,8-,9+,10-/m0/s1. The molecule has 18 heavy (non-hydrogen) atoms. The van der Waals surface area contributed by atoms with Gasteiger partial charge in [-0.15, -0.1) is 0 Å². The van der Waals surface area contributed by atoms with Crippen LogP contribution in [0.5, 0.6) is 0 Å². The van der Waals surface area contributed by atoms with Crippen molar-refractivity contribution in [3.05, 3.63) is 0 Å². The zero-order valence-corrected chi connectivity index (χ0v) is 11.0. The number of fused-ring (bicyclic) bond motifs is 3. The van der Waals surface area contributed by atoms with Crippen LogP contribution in [0.3, 0.4) is 0 Å². The molecule has 3 aliphatic heterocycles. The summed E-state index contributed by atoms with van der Waals surface area (Å²) < 4.78 is 41.6. The quantitative estimate of drug-likeness (QED) is 0.714. The summed E-state index contributed by atoms with van der Waals surface area (Å²) in [6.45, 7) is 6.57. The molecular weight excluding hydrogens is 243 g/mol. The zero-order chi connectivity index (χ0) is 13.1. The molecule has 0 radical (unpaired) electrons. The molecule has 0 aromatic rings. The number of halogens is 1. The minimum atomic E-state index is -0.753. The van der Waals surface area contributed by atoms with Crippen molar-refractivity contribution in [3.8, 4) is 0 Å². The molecule has 5 atom stereocenters. The molecule has 3 rings (SSSR count). The Kier molecular flexibility index (Phi) is 2.74. The molecule has 3 aliphatic rings. The minimum absolute atomic E-state index is 0.360. The van der Waals surface area contributed by atoms with E-state index >= 15 is 0 Å². The highest BCUT2D eigenvalue weighted by atomic mass is 19.1. The Labute approximate surface area is 105 Å². The van der Waals surface area contributed by atoms with Crippen LogP contribution >= 0.6 is 0 Å². The third kappa shape index (κ3) is 1.96. The van der Waals surface area contributed by atoms with E-state index in [0.29, 0.717) is 0 Å². The van der Waals surface area contributed by atoms with Crippen molar-refractivity contribution in [2.24, 2.45) is 0 Å². The third-order valence-electron chi connectivity index (χ3n) is 3.40. The van der Waals surface area contributed by atoms with Crippen molar-refractivity contribution in [1.29, 1.82) is 0 Å². The number of rotatable bonds is 1. The van der Waals surface area contributed by atoms with E-state index in [1.165, 1.54) is 0 Å². The Morgan fingerprint density at radius 3 is 2.06 bits per heavy atom. The van der Waals surface area contributed by atoms with Gasteiger partial charge in [0.25, 0.3) is 0 Å². The Morgan fingerprint density at radius 2 is 1.39 bits per heavy atom. The summed E-state index contributed by atoms with van der Waals surface area (Å²) in [6, 6.07) is 0. The lowest BCUT2D eigenvalue weighted by molar-refractivity contribution is -0.236. The number of hydrogen-bond donors (Lipinski definition) is 0. The van der Waals surface area contributed by atoms with Crippen LogP contribution < -0.4 is 0 Å². The molecule has 3 saturated heterocycles. The van der Waals surface area contributed by atoms with Gasteiger partial charge < -0.3 is 23.7 Å². The highest BCUT2D eigenvalue weighted by molar-refractivity contribution is 4.99. The van der Waals surface area contributed by atoms with Gasteiger partial charge in [0.05, 0.1) is 0 Å². The number of ether oxygens (including phenoxy) is 5. The first-order valence-corrected chi connectivity index (χ1v) is 6.24. The van der Waals surface area contributed by atoms with Gasteiger partial charge in [0.1, 0.15) is 31.1 Å². The summed E-state index contributed by atoms with van der Waals surface area (Å²) >= 11 is 0. The molecule has 0 aromatic carbocycles. The van der Waals surface area contributed by atoms with Crippen LogP contribution in [0, 0.1) is 0 Å². The van der Waals surface area contributed by atoms with Crippen molar-refractivity contribution in [2.75, 3.05) is 6.67 Å². The first-order chi connectivity index (χ1) is 8.31. The SMILES string of the molecule is CC1(C)O[C@@H]2O[C@@H](CF)[C@H]3OC(C)(C)O[C@@H]3[C@H]2O1. The highest BCUT2D eigenvalue weighted by Crippen LogP contribution is 2.43. The van der Waals surface area contributed by atoms with Gasteiger partial charge in [0.15, 0.2) is 17.9 Å². The fourth-order valence-corrected chi connectivity index (χ4v) is 2.82. The number of alkyl halides is 1. The summed E-state index contributed by atoms with van der Waals surface area (Å²) in [6.07, 6.45) is -2.46. The summed E-state index contributed by atoms with van der Waals surface area (Å²) in [5.74, 6) is -1.50. The second-order valence-electron chi connectivity index (χ2n) is 5.86. The van der Waals surface area contributed by atoms with Crippen LogP contribution in [0.2, 0.25) is 0 Å². The molecule has 0 N–H and O–H groups in total. The average Bonchev–Trinajstić information content (AvgIpc) is 2.71. The molecule has 0 spiro atoms. The van der Waals surface area contributed by atoms with Crippen LogP contribution in [0.25, 0.3) is 0 Å². The topological polar surface area (TPSA) is 46.2 Å². The molecule has 0 amide bonds. The lowest BCUT2D eigenvalue weighted by Gasteiger charge is -2.35. The lowest BCUT2D eigenvalue weighted by atomic mass is 10.00. The summed E-state index contributed by atoms with van der Waals surface area (Å²) in [5.41, 5.74) is 0. The van der Waals surface area contributed by atoms with Crippen molar-refractivity contribution < 1.29 is 28.1 Å². The van der Waals surface area contributed by atoms with Gasteiger partial charge in [-0.2, -0.15) is 0 Å². The summed E-state index contributed by atoms with van der Waals surface area (Å²) in [7, 11) is 0. The highest BCUT2D eigenvalue weighted by Gasteiger charge is 2.60. The van der Waals surface area contributed by atoms with Crippen molar-refractivity contribution in [2.45, 2.75) is 70.0 Å². The van der Waals surface area contributed by atoms with Gasteiger partial charge in [-0.1, -0.05) is 0 Å². The summed E-state index contributed by atoms with van der Waals surface area (Å²) in [5, 5.41) is 0. The van der Waals surface area contributed by atoms with Crippen LogP contribution in [-0.2, 0) is 23.7 Å². The third-order valence-corrected chi connectivity index (χ3v) is 3.40. The molecule has 3 fully saturated rings. The van der Waals surface area contributed by atoms with Crippen molar-refractivity contribution in [3.63, 3.8) is 0 Å². The Hall–Kier alpha value is -0.270. The van der Waals surface area contributed by atoms with Crippen molar-refractivity contribution >= 4 is 0 Å². The fourth-order valence-electron chi connectivity index (χ4n) is 2.82. The lowest BCUT2D eigenvalue weighted by Crippen LogP contribution is -2.55. The molecule has 104 valence electrons. The first kappa shape index (κ1) is 12.7. The largest absolute Gasteiger partial charge is 0.342 e. The molecular formula is C12H19FO5. The van der Waals surface area contributed by atoms with Crippen LogP contribution in [0.4, 0.5) is 4.39 Å². The average molecular weight is 262 g/mol. The van der Waals surface area contributed by atoms with E-state index in [-0.39, 0.29) is 12.2 Å². The minimum Gasteiger partial charge on any atom is -0.342 e.